The molecule has 2 unspecified atom stereocenters. The third-order valence-corrected chi connectivity index (χ3v) is 12.3. The molecule has 0 bridgehead atoms. The number of esters is 3. The normalized spacial score (nSPS) is 23.4. The number of nitrogens with zero attached hydrogens (tertiary/aromatic N) is 1. The van der Waals surface area contributed by atoms with Gasteiger partial charge in [-0.15, -0.1) is 0 Å². The van der Waals surface area contributed by atoms with Gasteiger partial charge >= 0.3 is 17.9 Å². The smallest absolute Gasteiger partial charge is 0.306 e. The minimum Gasteiger partial charge on any atom is -0.466 e. The van der Waals surface area contributed by atoms with E-state index in [1.54, 1.807) is 0 Å². The van der Waals surface area contributed by atoms with Crippen LogP contribution in [0.5, 0.6) is 0 Å². The number of hydrogen-bond acceptors (Lipinski definition) is 7. The van der Waals surface area contributed by atoms with Gasteiger partial charge in [0.2, 0.25) is 0 Å². The molecule has 56 heavy (non-hydrogen) atoms. The van der Waals surface area contributed by atoms with Crippen molar-refractivity contribution in [2.45, 2.75) is 258 Å². The Kier molecular flexibility index (Phi) is 35.2. The van der Waals surface area contributed by atoms with Gasteiger partial charge in [-0.3, -0.25) is 14.4 Å². The highest BCUT2D eigenvalue weighted by atomic mass is 16.5. The van der Waals surface area contributed by atoms with Crippen molar-refractivity contribution in [3.63, 3.8) is 0 Å². The topological polar surface area (TPSA) is 82.1 Å². The first kappa shape index (κ1) is 52.4. The van der Waals surface area contributed by atoms with Crippen LogP contribution in [0.1, 0.15) is 246 Å². The van der Waals surface area contributed by atoms with Gasteiger partial charge in [-0.2, -0.15) is 0 Å². The number of rotatable bonds is 12. The first-order chi connectivity index (χ1) is 27.2. The average molecular weight is 792 g/mol. The lowest BCUT2D eigenvalue weighted by Crippen LogP contribution is -2.28. The molecular weight excluding hydrogens is 699 g/mol. The number of unbranched alkanes of at least 4 members (excludes halogenated alkanes) is 2. The van der Waals surface area contributed by atoms with Crippen LogP contribution in [0.15, 0.2) is 0 Å². The standard InChI is InChI=1S/C49H93NO6/c1-6-8-31-44-33-24-20-21-25-34-45(32-9-7-2)42-49(53)55-40-29-23-17-13-11-15-19-27-36-46(56-47(51)37-30-38-50(5)43(3)4)35-26-18-14-10-12-16-22-28-39-54-48(52)41-44/h43-46H,6-42H2,1-5H3. The highest BCUT2D eigenvalue weighted by molar-refractivity contribution is 5.70. The van der Waals surface area contributed by atoms with Crippen LogP contribution < -0.4 is 0 Å². The molecule has 0 N–H and O–H groups in total. The monoisotopic (exact) mass is 792 g/mol. The van der Waals surface area contributed by atoms with Crippen molar-refractivity contribution in [2.75, 3.05) is 26.8 Å². The van der Waals surface area contributed by atoms with Gasteiger partial charge in [-0.25, -0.2) is 0 Å². The van der Waals surface area contributed by atoms with Gasteiger partial charge in [-0.05, 0) is 110 Å². The van der Waals surface area contributed by atoms with Crippen LogP contribution in [0.3, 0.4) is 0 Å². The SMILES string of the molecule is CCCCC1CCCCCCC(CCCC)CC(=O)OCCCCCCCCCCC(OC(=O)CCCN(C)C(C)C)CCCCCCCCCCOC(=O)C1. The molecule has 0 spiro atoms. The molecule has 1 fully saturated rings. The van der Waals surface area contributed by atoms with Gasteiger partial charge in [0, 0.05) is 25.3 Å². The summed E-state index contributed by atoms with van der Waals surface area (Å²) >= 11 is 0. The first-order valence-corrected chi connectivity index (χ1v) is 24.5. The fourth-order valence-electron chi connectivity index (χ4n) is 8.17. The van der Waals surface area contributed by atoms with Crippen molar-refractivity contribution in [2.24, 2.45) is 11.8 Å². The van der Waals surface area contributed by atoms with E-state index in [9.17, 15) is 14.4 Å². The Labute approximate surface area is 347 Å². The van der Waals surface area contributed by atoms with Crippen LogP contribution in [0.4, 0.5) is 0 Å². The van der Waals surface area contributed by atoms with Crippen molar-refractivity contribution in [1.29, 1.82) is 0 Å². The van der Waals surface area contributed by atoms with E-state index in [2.05, 4.69) is 39.6 Å². The molecule has 330 valence electrons. The Hall–Kier alpha value is -1.63. The summed E-state index contributed by atoms with van der Waals surface area (Å²) < 4.78 is 17.5. The number of carbonyl (C=O) groups is 3. The molecule has 1 rings (SSSR count). The van der Waals surface area contributed by atoms with Crippen molar-refractivity contribution >= 4 is 17.9 Å². The van der Waals surface area contributed by atoms with E-state index in [4.69, 9.17) is 14.2 Å². The predicted octanol–water partition coefficient (Wildman–Crippen LogP) is 13.9. The van der Waals surface area contributed by atoms with Gasteiger partial charge in [-0.1, -0.05) is 142 Å². The van der Waals surface area contributed by atoms with Crippen LogP contribution in [0.25, 0.3) is 0 Å². The second-order valence-electron chi connectivity index (χ2n) is 17.9. The van der Waals surface area contributed by atoms with E-state index < -0.39 is 0 Å². The van der Waals surface area contributed by atoms with Crippen molar-refractivity contribution < 1.29 is 28.6 Å². The Bertz CT molecular complexity index is 868. The van der Waals surface area contributed by atoms with E-state index in [0.717, 1.165) is 90.0 Å². The molecule has 1 heterocycles. The summed E-state index contributed by atoms with van der Waals surface area (Å²) in [4.78, 5) is 40.5. The zero-order valence-electron chi connectivity index (χ0n) is 37.9. The highest BCUT2D eigenvalue weighted by Gasteiger charge is 2.18. The molecule has 7 nitrogen and oxygen atoms in total. The number of hydrogen-bond donors (Lipinski definition) is 0. The maximum absolute atomic E-state index is 12.8. The lowest BCUT2D eigenvalue weighted by Gasteiger charge is -2.21. The molecule has 0 saturated carbocycles. The summed E-state index contributed by atoms with van der Waals surface area (Å²) in [6.07, 6.45) is 37.1. The summed E-state index contributed by atoms with van der Waals surface area (Å²) in [7, 11) is 2.12. The van der Waals surface area contributed by atoms with Gasteiger partial charge in [0.1, 0.15) is 6.10 Å². The maximum Gasteiger partial charge on any atom is 0.306 e. The summed E-state index contributed by atoms with van der Waals surface area (Å²) in [5, 5.41) is 0. The Morgan fingerprint density at radius 3 is 1.36 bits per heavy atom. The third-order valence-electron chi connectivity index (χ3n) is 12.3. The fourth-order valence-corrected chi connectivity index (χ4v) is 8.17. The Morgan fingerprint density at radius 1 is 0.589 bits per heavy atom. The molecule has 0 radical (unpaired) electrons. The lowest BCUT2D eigenvalue weighted by molar-refractivity contribution is -0.150. The van der Waals surface area contributed by atoms with E-state index in [-0.39, 0.29) is 24.0 Å². The molecule has 1 aliphatic heterocycles. The molecular formula is C49H93NO6. The van der Waals surface area contributed by atoms with Gasteiger partial charge < -0.3 is 19.1 Å². The van der Waals surface area contributed by atoms with E-state index >= 15 is 0 Å². The largest absolute Gasteiger partial charge is 0.466 e. The lowest BCUT2D eigenvalue weighted by atomic mass is 9.90. The number of carbonyl (C=O) groups excluding carboxylic acids is 3. The van der Waals surface area contributed by atoms with E-state index in [1.165, 1.54) is 116 Å². The van der Waals surface area contributed by atoms with E-state index in [0.29, 0.717) is 50.4 Å². The van der Waals surface area contributed by atoms with Crippen LogP contribution in [0, 0.1) is 11.8 Å². The van der Waals surface area contributed by atoms with Crippen LogP contribution in [-0.2, 0) is 28.6 Å². The molecule has 7 heteroatoms. The summed E-state index contributed by atoms with van der Waals surface area (Å²) in [6.45, 7) is 10.9. The van der Waals surface area contributed by atoms with Gasteiger partial charge in [0.25, 0.3) is 0 Å². The first-order valence-electron chi connectivity index (χ1n) is 24.5. The Balaban J connectivity index is 2.63. The molecule has 0 aromatic rings. The molecule has 1 aliphatic rings. The molecule has 0 amide bonds. The quantitative estimate of drug-likeness (QED) is 0.144. The van der Waals surface area contributed by atoms with Crippen molar-refractivity contribution in [3.05, 3.63) is 0 Å². The van der Waals surface area contributed by atoms with Crippen molar-refractivity contribution in [1.82, 2.24) is 4.90 Å². The molecule has 0 aliphatic carbocycles. The molecule has 0 aromatic heterocycles. The molecule has 2 atom stereocenters. The number of cyclic esters (lactones) is 2. The van der Waals surface area contributed by atoms with Crippen LogP contribution in [0.2, 0.25) is 0 Å². The molecule has 1 saturated heterocycles. The highest BCUT2D eigenvalue weighted by Crippen LogP contribution is 2.25. The molecule has 0 aromatic carbocycles. The fraction of sp³-hybridized carbons (Fsp3) is 0.939. The second kappa shape index (κ2) is 37.6. The van der Waals surface area contributed by atoms with E-state index in [1.807, 2.05) is 0 Å². The zero-order valence-corrected chi connectivity index (χ0v) is 37.9. The summed E-state index contributed by atoms with van der Waals surface area (Å²) in [5.74, 6) is 0.831. The predicted molar refractivity (Wildman–Crippen MR) is 235 cm³/mol. The van der Waals surface area contributed by atoms with Crippen molar-refractivity contribution in [3.8, 4) is 0 Å². The summed E-state index contributed by atoms with van der Waals surface area (Å²) in [6, 6.07) is 0.488. The average Bonchev–Trinajstić information content (AvgIpc) is 3.17. The third kappa shape index (κ3) is 32.3. The van der Waals surface area contributed by atoms with Gasteiger partial charge in [0.15, 0.2) is 0 Å². The minimum absolute atomic E-state index is 0.00723. The maximum atomic E-state index is 12.8. The van der Waals surface area contributed by atoms with Gasteiger partial charge in [0.05, 0.1) is 13.2 Å². The number of ether oxygens (including phenoxy) is 3. The minimum atomic E-state index is -0.0271. The van der Waals surface area contributed by atoms with Crippen LogP contribution in [-0.4, -0.2) is 61.8 Å². The zero-order chi connectivity index (χ0) is 40.9. The van der Waals surface area contributed by atoms with Crippen LogP contribution >= 0.6 is 0 Å². The summed E-state index contributed by atoms with van der Waals surface area (Å²) in [5.41, 5.74) is 0. The Morgan fingerprint density at radius 2 is 0.964 bits per heavy atom. The second-order valence-corrected chi connectivity index (χ2v) is 17.9.